The van der Waals surface area contributed by atoms with Crippen molar-refractivity contribution in [3.05, 3.63) is 64.1 Å². The third-order valence-corrected chi connectivity index (χ3v) is 4.39. The molecule has 4 N–H and O–H groups in total. The highest BCUT2D eigenvalue weighted by molar-refractivity contribution is 5.78. The maximum Gasteiger partial charge on any atom is 0.323 e. The minimum atomic E-state index is -0.647. The van der Waals surface area contributed by atoms with Crippen molar-refractivity contribution in [3.8, 4) is 0 Å². The van der Waals surface area contributed by atoms with Gasteiger partial charge in [0.2, 0.25) is 0 Å². The van der Waals surface area contributed by atoms with Crippen molar-refractivity contribution < 1.29 is 5.11 Å². The number of aromatic amines is 2. The maximum absolute atomic E-state index is 11.3. The second-order valence-electron chi connectivity index (χ2n) is 5.77. The van der Waals surface area contributed by atoms with E-state index in [1.165, 1.54) is 11.1 Å². The molecule has 0 aliphatic heterocycles. The quantitative estimate of drug-likeness (QED) is 0.560. The molecule has 1 heterocycles. The summed E-state index contributed by atoms with van der Waals surface area (Å²) in [6, 6.07) is 13.8. The molecule has 0 bridgehead atoms. The van der Waals surface area contributed by atoms with Gasteiger partial charge in [0.1, 0.15) is 6.23 Å². The van der Waals surface area contributed by atoms with Gasteiger partial charge in [-0.15, -0.1) is 0 Å². The molecule has 5 heteroatoms. The lowest BCUT2D eigenvalue weighted by molar-refractivity contribution is 0.170. The van der Waals surface area contributed by atoms with E-state index in [0.717, 1.165) is 29.6 Å². The van der Waals surface area contributed by atoms with Crippen LogP contribution in [0.2, 0.25) is 0 Å². The van der Waals surface area contributed by atoms with Gasteiger partial charge in [0.15, 0.2) is 0 Å². The highest BCUT2D eigenvalue weighted by Crippen LogP contribution is 2.35. The Balaban J connectivity index is 1.58. The van der Waals surface area contributed by atoms with Gasteiger partial charge in [-0.2, -0.15) is 0 Å². The van der Waals surface area contributed by atoms with E-state index in [9.17, 15) is 9.90 Å². The maximum atomic E-state index is 11.3. The Hall–Kier alpha value is -2.53. The van der Waals surface area contributed by atoms with Gasteiger partial charge in [-0.3, -0.25) is 0 Å². The zero-order valence-electron chi connectivity index (χ0n) is 12.0. The molecule has 3 aromatic rings. The van der Waals surface area contributed by atoms with Crippen molar-refractivity contribution in [3.63, 3.8) is 0 Å². The summed E-state index contributed by atoms with van der Waals surface area (Å²) < 4.78 is 0. The Bertz CT molecular complexity index is 881. The summed E-state index contributed by atoms with van der Waals surface area (Å²) in [5.41, 5.74) is 4.60. The second-order valence-corrected chi connectivity index (χ2v) is 5.77. The number of rotatable bonds is 3. The van der Waals surface area contributed by atoms with Crippen LogP contribution < -0.4 is 11.0 Å². The molecule has 1 aromatic heterocycles. The van der Waals surface area contributed by atoms with Crippen molar-refractivity contribution in [2.75, 3.05) is 5.32 Å². The molecule has 0 radical (unpaired) electrons. The fourth-order valence-electron chi connectivity index (χ4n) is 3.31. The molecule has 4 rings (SSSR count). The summed E-state index contributed by atoms with van der Waals surface area (Å²) in [4.78, 5) is 16.7. The first-order valence-corrected chi connectivity index (χ1v) is 7.45. The van der Waals surface area contributed by atoms with Crippen LogP contribution in [0.5, 0.6) is 0 Å². The summed E-state index contributed by atoms with van der Waals surface area (Å²) in [7, 11) is 0. The highest BCUT2D eigenvalue weighted by atomic mass is 16.3. The number of fused-ring (bicyclic) bond motifs is 2. The molecule has 2 atom stereocenters. The monoisotopic (exact) mass is 295 g/mol. The summed E-state index contributed by atoms with van der Waals surface area (Å²) in [6.45, 7) is 0. The van der Waals surface area contributed by atoms with Crippen molar-refractivity contribution in [1.29, 1.82) is 0 Å². The SMILES string of the molecule is O=c1[nH]c2ccc(NC(O)C3CCc4ccccc43)cc2[nH]1. The Morgan fingerprint density at radius 2 is 1.95 bits per heavy atom. The van der Waals surface area contributed by atoms with E-state index in [2.05, 4.69) is 27.4 Å². The smallest absolute Gasteiger partial charge is 0.323 e. The summed E-state index contributed by atoms with van der Waals surface area (Å²) >= 11 is 0. The first-order chi connectivity index (χ1) is 10.7. The molecule has 0 amide bonds. The number of imidazole rings is 1. The van der Waals surface area contributed by atoms with Gasteiger partial charge in [0, 0.05) is 11.6 Å². The molecule has 2 unspecified atom stereocenters. The van der Waals surface area contributed by atoms with Crippen molar-refractivity contribution >= 4 is 16.7 Å². The van der Waals surface area contributed by atoms with E-state index < -0.39 is 6.23 Å². The number of anilines is 1. The summed E-state index contributed by atoms with van der Waals surface area (Å²) in [5.74, 6) is 0.0946. The zero-order valence-corrected chi connectivity index (χ0v) is 12.0. The lowest BCUT2D eigenvalue weighted by Gasteiger charge is -2.21. The fourth-order valence-corrected chi connectivity index (χ4v) is 3.31. The average molecular weight is 295 g/mol. The van der Waals surface area contributed by atoms with Crippen LogP contribution in [-0.4, -0.2) is 21.3 Å². The molecule has 0 saturated carbocycles. The number of aliphatic hydroxyl groups is 1. The standard InChI is InChI=1S/C17H17N3O2/c21-16(13-7-5-10-3-1-2-4-12(10)13)18-11-6-8-14-15(9-11)20-17(22)19-14/h1-4,6,8-9,13,16,18,21H,5,7H2,(H2,19,20,22). The van der Waals surface area contributed by atoms with Crippen molar-refractivity contribution in [2.24, 2.45) is 0 Å². The van der Waals surface area contributed by atoms with E-state index in [0.29, 0.717) is 0 Å². The van der Waals surface area contributed by atoms with Gasteiger partial charge >= 0.3 is 5.69 Å². The Morgan fingerprint density at radius 1 is 1.14 bits per heavy atom. The third-order valence-electron chi connectivity index (χ3n) is 4.39. The number of aliphatic hydroxyl groups excluding tert-OH is 1. The second kappa shape index (κ2) is 5.03. The minimum absolute atomic E-state index is 0.0946. The number of nitrogens with one attached hydrogen (secondary N) is 3. The lowest BCUT2D eigenvalue weighted by Crippen LogP contribution is -2.25. The molecular formula is C17H17N3O2. The molecule has 112 valence electrons. The fraction of sp³-hybridized carbons (Fsp3) is 0.235. The molecule has 1 aliphatic rings. The Labute approximate surface area is 127 Å². The van der Waals surface area contributed by atoms with E-state index in [1.54, 1.807) is 0 Å². The van der Waals surface area contributed by atoms with Crippen LogP contribution in [0.15, 0.2) is 47.3 Å². The zero-order chi connectivity index (χ0) is 15.1. The molecule has 0 saturated heterocycles. The molecule has 22 heavy (non-hydrogen) atoms. The van der Waals surface area contributed by atoms with Gasteiger partial charge in [-0.1, -0.05) is 24.3 Å². The minimum Gasteiger partial charge on any atom is -0.373 e. The Morgan fingerprint density at radius 3 is 2.86 bits per heavy atom. The number of aromatic nitrogens is 2. The molecular weight excluding hydrogens is 278 g/mol. The van der Waals surface area contributed by atoms with Crippen LogP contribution in [0.1, 0.15) is 23.5 Å². The van der Waals surface area contributed by atoms with Gasteiger partial charge in [0.25, 0.3) is 0 Å². The van der Waals surface area contributed by atoms with E-state index in [4.69, 9.17) is 0 Å². The molecule has 2 aromatic carbocycles. The van der Waals surface area contributed by atoms with E-state index in [-0.39, 0.29) is 11.6 Å². The average Bonchev–Trinajstić information content (AvgIpc) is 3.09. The Kier molecular flexibility index (Phi) is 3.01. The molecule has 5 nitrogen and oxygen atoms in total. The first kappa shape index (κ1) is 13.2. The molecule has 1 aliphatic carbocycles. The van der Waals surface area contributed by atoms with Crippen molar-refractivity contribution in [1.82, 2.24) is 9.97 Å². The number of hydrogen-bond donors (Lipinski definition) is 4. The topological polar surface area (TPSA) is 80.9 Å². The van der Waals surface area contributed by atoms with E-state index >= 15 is 0 Å². The predicted octanol–water partition coefficient (Wildman–Crippen LogP) is 2.32. The highest BCUT2D eigenvalue weighted by Gasteiger charge is 2.28. The van der Waals surface area contributed by atoms with Crippen LogP contribution in [0.3, 0.4) is 0 Å². The molecule has 0 spiro atoms. The van der Waals surface area contributed by atoms with Crippen LogP contribution in [-0.2, 0) is 6.42 Å². The molecule has 0 fully saturated rings. The largest absolute Gasteiger partial charge is 0.373 e. The van der Waals surface area contributed by atoms with Crippen LogP contribution in [0.25, 0.3) is 11.0 Å². The van der Waals surface area contributed by atoms with E-state index in [1.807, 2.05) is 30.3 Å². The van der Waals surface area contributed by atoms with Crippen molar-refractivity contribution in [2.45, 2.75) is 25.0 Å². The number of aryl methyl sites for hydroxylation is 1. The summed E-state index contributed by atoms with van der Waals surface area (Å²) in [6.07, 6.45) is 1.30. The predicted molar refractivity (Wildman–Crippen MR) is 86.1 cm³/mol. The first-order valence-electron chi connectivity index (χ1n) is 7.45. The lowest BCUT2D eigenvalue weighted by atomic mass is 9.99. The van der Waals surface area contributed by atoms with Crippen LogP contribution in [0.4, 0.5) is 5.69 Å². The van der Waals surface area contributed by atoms with Crippen LogP contribution in [0, 0.1) is 0 Å². The van der Waals surface area contributed by atoms with Gasteiger partial charge in [-0.05, 0) is 42.2 Å². The normalized spacial score (nSPS) is 18.3. The van der Waals surface area contributed by atoms with Gasteiger partial charge in [0.05, 0.1) is 11.0 Å². The number of hydrogen-bond acceptors (Lipinski definition) is 3. The van der Waals surface area contributed by atoms with Gasteiger partial charge < -0.3 is 20.4 Å². The van der Waals surface area contributed by atoms with Crippen LogP contribution >= 0.6 is 0 Å². The number of benzene rings is 2. The summed E-state index contributed by atoms with van der Waals surface area (Å²) in [5, 5.41) is 13.7. The van der Waals surface area contributed by atoms with Gasteiger partial charge in [-0.25, -0.2) is 4.79 Å². The number of H-pyrrole nitrogens is 2. The third kappa shape index (κ3) is 2.19.